The van der Waals surface area contributed by atoms with E-state index >= 15 is 0 Å². The first-order chi connectivity index (χ1) is 12.7. The molecule has 2 aromatic rings. The van der Waals surface area contributed by atoms with Gasteiger partial charge in [-0.1, -0.05) is 30.3 Å². The quantitative estimate of drug-likeness (QED) is 0.783. The summed E-state index contributed by atoms with van der Waals surface area (Å²) in [6.07, 6.45) is 0. The van der Waals surface area contributed by atoms with E-state index < -0.39 is 0 Å². The molecule has 0 radical (unpaired) electrons. The van der Waals surface area contributed by atoms with Crippen LogP contribution in [0.5, 0.6) is 0 Å². The molecule has 1 saturated heterocycles. The van der Waals surface area contributed by atoms with Crippen LogP contribution in [0, 0.1) is 6.92 Å². The normalized spacial score (nSPS) is 14.8. The molecule has 1 aromatic heterocycles. The van der Waals surface area contributed by atoms with Gasteiger partial charge in [-0.3, -0.25) is 9.69 Å². The molecule has 26 heavy (non-hydrogen) atoms. The maximum absolute atomic E-state index is 12.4. The van der Waals surface area contributed by atoms with E-state index in [1.807, 2.05) is 30.3 Å². The molecule has 1 fully saturated rings. The van der Waals surface area contributed by atoms with Crippen LogP contribution in [-0.2, 0) is 11.3 Å². The van der Waals surface area contributed by atoms with Crippen LogP contribution < -0.4 is 10.6 Å². The Balaban J connectivity index is 1.53. The van der Waals surface area contributed by atoms with Crippen LogP contribution in [0.25, 0.3) is 0 Å². The summed E-state index contributed by atoms with van der Waals surface area (Å²) in [7, 11) is 0. The third-order valence-corrected chi connectivity index (χ3v) is 4.20. The highest BCUT2D eigenvalue weighted by Crippen LogP contribution is 2.09. The highest BCUT2D eigenvalue weighted by Gasteiger charge is 2.13. The summed E-state index contributed by atoms with van der Waals surface area (Å²) in [6, 6.07) is 11.8. The van der Waals surface area contributed by atoms with Gasteiger partial charge in [-0.2, -0.15) is 0 Å². The molecule has 7 nitrogen and oxygen atoms in total. The van der Waals surface area contributed by atoms with Crippen LogP contribution in [0.4, 0.5) is 5.82 Å². The van der Waals surface area contributed by atoms with E-state index in [-0.39, 0.29) is 5.91 Å². The smallest absolute Gasteiger partial charge is 0.270 e. The van der Waals surface area contributed by atoms with Gasteiger partial charge >= 0.3 is 0 Å². The lowest BCUT2D eigenvalue weighted by Crippen LogP contribution is -2.41. The van der Waals surface area contributed by atoms with E-state index in [1.54, 1.807) is 13.0 Å². The van der Waals surface area contributed by atoms with E-state index in [0.29, 0.717) is 30.4 Å². The van der Waals surface area contributed by atoms with Crippen molar-refractivity contribution in [3.05, 3.63) is 53.5 Å². The summed E-state index contributed by atoms with van der Waals surface area (Å²) in [5.41, 5.74) is 1.54. The van der Waals surface area contributed by atoms with Crippen molar-refractivity contribution in [3.63, 3.8) is 0 Å². The molecule has 0 saturated carbocycles. The summed E-state index contributed by atoms with van der Waals surface area (Å²) < 4.78 is 5.32. The standard InChI is InChI=1S/C19H25N5O2/c1-15-22-17(19(25)20-7-8-24-9-11-26-12-10-24)13-18(23-15)21-14-16-5-3-2-4-6-16/h2-6,13H,7-12,14H2,1H3,(H,20,25)(H,21,22,23). The fourth-order valence-corrected chi connectivity index (χ4v) is 2.81. The van der Waals surface area contributed by atoms with Gasteiger partial charge in [0.15, 0.2) is 0 Å². The Kier molecular flexibility index (Phi) is 6.51. The number of nitrogens with one attached hydrogen (secondary N) is 2. The molecule has 0 atom stereocenters. The number of hydrogen-bond donors (Lipinski definition) is 2. The Morgan fingerprint density at radius 2 is 1.96 bits per heavy atom. The third kappa shape index (κ3) is 5.50. The van der Waals surface area contributed by atoms with Crippen molar-refractivity contribution in [2.75, 3.05) is 44.7 Å². The van der Waals surface area contributed by atoms with Gasteiger partial charge in [0.25, 0.3) is 5.91 Å². The number of amides is 1. The Morgan fingerprint density at radius 1 is 1.19 bits per heavy atom. The van der Waals surface area contributed by atoms with Gasteiger partial charge in [0.2, 0.25) is 0 Å². The monoisotopic (exact) mass is 355 g/mol. The van der Waals surface area contributed by atoms with Gasteiger partial charge in [-0.05, 0) is 12.5 Å². The minimum atomic E-state index is -0.175. The van der Waals surface area contributed by atoms with Crippen LogP contribution in [-0.4, -0.2) is 60.2 Å². The van der Waals surface area contributed by atoms with Crippen LogP contribution >= 0.6 is 0 Å². The third-order valence-electron chi connectivity index (χ3n) is 4.20. The van der Waals surface area contributed by atoms with E-state index in [9.17, 15) is 4.79 Å². The Morgan fingerprint density at radius 3 is 2.73 bits per heavy atom. The fraction of sp³-hybridized carbons (Fsp3) is 0.421. The second kappa shape index (κ2) is 9.26. The maximum Gasteiger partial charge on any atom is 0.270 e. The SMILES string of the molecule is Cc1nc(NCc2ccccc2)cc(C(=O)NCCN2CCOCC2)n1. The summed E-state index contributed by atoms with van der Waals surface area (Å²) in [4.78, 5) is 23.3. The van der Waals surface area contributed by atoms with Gasteiger partial charge in [0.05, 0.1) is 13.2 Å². The number of aromatic nitrogens is 2. The number of ether oxygens (including phenoxy) is 1. The van der Waals surface area contributed by atoms with Crippen molar-refractivity contribution in [2.24, 2.45) is 0 Å². The van der Waals surface area contributed by atoms with Gasteiger partial charge in [0.1, 0.15) is 17.3 Å². The molecule has 2 N–H and O–H groups in total. The number of benzene rings is 1. The molecule has 0 unspecified atom stereocenters. The molecule has 138 valence electrons. The van der Waals surface area contributed by atoms with E-state index in [0.717, 1.165) is 38.4 Å². The topological polar surface area (TPSA) is 79.4 Å². The van der Waals surface area contributed by atoms with Crippen molar-refractivity contribution in [1.82, 2.24) is 20.2 Å². The molecule has 3 rings (SSSR count). The van der Waals surface area contributed by atoms with Gasteiger partial charge in [0, 0.05) is 38.8 Å². The molecule has 1 amide bonds. The first-order valence-corrected chi connectivity index (χ1v) is 8.92. The average molecular weight is 355 g/mol. The number of rotatable bonds is 7. The summed E-state index contributed by atoms with van der Waals surface area (Å²) in [5, 5.41) is 6.19. The molecular weight excluding hydrogens is 330 g/mol. The summed E-state index contributed by atoms with van der Waals surface area (Å²) >= 11 is 0. The number of aryl methyl sites for hydroxylation is 1. The number of carbonyl (C=O) groups is 1. The zero-order valence-electron chi connectivity index (χ0n) is 15.1. The van der Waals surface area contributed by atoms with Crippen molar-refractivity contribution in [3.8, 4) is 0 Å². The lowest BCUT2D eigenvalue weighted by atomic mass is 10.2. The van der Waals surface area contributed by atoms with Crippen molar-refractivity contribution in [1.29, 1.82) is 0 Å². The molecule has 0 aliphatic carbocycles. The highest BCUT2D eigenvalue weighted by molar-refractivity contribution is 5.92. The van der Waals surface area contributed by atoms with Crippen LogP contribution in [0.1, 0.15) is 21.9 Å². The van der Waals surface area contributed by atoms with Crippen LogP contribution in [0.3, 0.4) is 0 Å². The molecule has 0 bridgehead atoms. The summed E-state index contributed by atoms with van der Waals surface area (Å²) in [5.74, 6) is 1.05. The Labute approximate surface area is 153 Å². The van der Waals surface area contributed by atoms with Crippen molar-refractivity contribution in [2.45, 2.75) is 13.5 Å². The zero-order chi connectivity index (χ0) is 18.2. The fourth-order valence-electron chi connectivity index (χ4n) is 2.81. The first kappa shape index (κ1) is 18.3. The minimum Gasteiger partial charge on any atom is -0.379 e. The van der Waals surface area contributed by atoms with Gasteiger partial charge in [-0.25, -0.2) is 9.97 Å². The molecule has 2 heterocycles. The number of hydrogen-bond acceptors (Lipinski definition) is 6. The number of carbonyl (C=O) groups excluding carboxylic acids is 1. The second-order valence-corrected chi connectivity index (χ2v) is 6.23. The molecule has 1 aromatic carbocycles. The van der Waals surface area contributed by atoms with Gasteiger partial charge in [-0.15, -0.1) is 0 Å². The first-order valence-electron chi connectivity index (χ1n) is 8.92. The predicted octanol–water partition coefficient (Wildman–Crippen LogP) is 1.46. The zero-order valence-corrected chi connectivity index (χ0v) is 15.1. The summed E-state index contributed by atoms with van der Waals surface area (Å²) in [6.45, 7) is 7.19. The van der Waals surface area contributed by atoms with Crippen LogP contribution in [0.15, 0.2) is 36.4 Å². The van der Waals surface area contributed by atoms with Crippen molar-refractivity contribution < 1.29 is 9.53 Å². The highest BCUT2D eigenvalue weighted by atomic mass is 16.5. The minimum absolute atomic E-state index is 0.175. The lowest BCUT2D eigenvalue weighted by molar-refractivity contribution is 0.0383. The van der Waals surface area contributed by atoms with E-state index in [2.05, 4.69) is 25.5 Å². The van der Waals surface area contributed by atoms with Crippen molar-refractivity contribution >= 4 is 11.7 Å². The van der Waals surface area contributed by atoms with E-state index in [1.165, 1.54) is 0 Å². The lowest BCUT2D eigenvalue weighted by Gasteiger charge is -2.26. The van der Waals surface area contributed by atoms with Crippen LogP contribution in [0.2, 0.25) is 0 Å². The number of morpholine rings is 1. The number of nitrogens with zero attached hydrogens (tertiary/aromatic N) is 3. The maximum atomic E-state index is 12.4. The predicted molar refractivity (Wildman–Crippen MR) is 100 cm³/mol. The van der Waals surface area contributed by atoms with Gasteiger partial charge < -0.3 is 15.4 Å². The second-order valence-electron chi connectivity index (χ2n) is 6.23. The molecule has 0 spiro atoms. The van der Waals surface area contributed by atoms with E-state index in [4.69, 9.17) is 4.74 Å². The molecule has 1 aliphatic rings. The Bertz CT molecular complexity index is 717. The molecular formula is C19H25N5O2. The Hall–Kier alpha value is -2.51. The average Bonchev–Trinajstić information content (AvgIpc) is 2.67. The molecule has 7 heteroatoms. The largest absolute Gasteiger partial charge is 0.379 e. The number of anilines is 1. The molecule has 1 aliphatic heterocycles.